The van der Waals surface area contributed by atoms with Crippen molar-refractivity contribution in [2.24, 2.45) is 0 Å². The zero-order valence-electron chi connectivity index (χ0n) is 13.3. The van der Waals surface area contributed by atoms with Crippen molar-refractivity contribution < 1.29 is 9.13 Å². The molecule has 0 saturated heterocycles. The normalized spacial score (nSPS) is 11.0. The van der Waals surface area contributed by atoms with Crippen molar-refractivity contribution in [2.75, 3.05) is 7.11 Å². The maximum atomic E-state index is 13.1. The molecule has 0 bridgehead atoms. The highest BCUT2D eigenvalue weighted by Crippen LogP contribution is 2.17. The second-order valence-corrected chi connectivity index (χ2v) is 5.39. The Morgan fingerprint density at radius 1 is 1.00 bits per heavy atom. The summed E-state index contributed by atoms with van der Waals surface area (Å²) in [7, 11) is 1.58. The van der Waals surface area contributed by atoms with Gasteiger partial charge in [0.05, 0.1) is 24.7 Å². The van der Waals surface area contributed by atoms with E-state index in [-0.39, 0.29) is 11.4 Å². The lowest BCUT2D eigenvalue weighted by molar-refractivity contribution is 0.414. The SMILES string of the molecule is COc1ccc(-n2cnc3c(cnn3-c3ccc(F)cc3)c2=O)cc1. The highest BCUT2D eigenvalue weighted by molar-refractivity contribution is 5.75. The van der Waals surface area contributed by atoms with E-state index in [1.807, 2.05) is 0 Å². The molecule has 0 aliphatic carbocycles. The number of benzene rings is 2. The smallest absolute Gasteiger partial charge is 0.269 e. The van der Waals surface area contributed by atoms with Crippen molar-refractivity contribution >= 4 is 11.0 Å². The Hall–Kier alpha value is -3.48. The Bertz CT molecular complexity index is 1100. The number of halogens is 1. The molecular weight excluding hydrogens is 323 g/mol. The molecule has 0 aliphatic heterocycles. The van der Waals surface area contributed by atoms with Gasteiger partial charge in [-0.25, -0.2) is 14.1 Å². The van der Waals surface area contributed by atoms with E-state index < -0.39 is 0 Å². The van der Waals surface area contributed by atoms with Gasteiger partial charge in [-0.3, -0.25) is 9.36 Å². The van der Waals surface area contributed by atoms with Gasteiger partial charge in [0.15, 0.2) is 5.65 Å². The van der Waals surface area contributed by atoms with Crippen LogP contribution in [0.4, 0.5) is 4.39 Å². The van der Waals surface area contributed by atoms with Crippen molar-refractivity contribution in [3.05, 3.63) is 77.2 Å². The third kappa shape index (κ3) is 2.55. The van der Waals surface area contributed by atoms with Gasteiger partial charge in [-0.2, -0.15) is 5.10 Å². The second kappa shape index (κ2) is 5.86. The predicted octanol–water partition coefficient (Wildman–Crippen LogP) is 2.72. The summed E-state index contributed by atoms with van der Waals surface area (Å²) in [6, 6.07) is 12.9. The van der Waals surface area contributed by atoms with Crippen LogP contribution in [0.3, 0.4) is 0 Å². The first-order valence-corrected chi connectivity index (χ1v) is 7.53. The first-order valence-electron chi connectivity index (χ1n) is 7.53. The second-order valence-electron chi connectivity index (χ2n) is 5.39. The fourth-order valence-electron chi connectivity index (χ4n) is 2.61. The van der Waals surface area contributed by atoms with Gasteiger partial charge in [0.1, 0.15) is 23.3 Å². The van der Waals surface area contributed by atoms with Crippen LogP contribution < -0.4 is 10.3 Å². The van der Waals surface area contributed by atoms with E-state index in [2.05, 4.69) is 10.1 Å². The number of hydrogen-bond acceptors (Lipinski definition) is 4. The number of aromatic nitrogens is 4. The van der Waals surface area contributed by atoms with Gasteiger partial charge in [0.2, 0.25) is 0 Å². The molecule has 2 aromatic carbocycles. The first-order chi connectivity index (χ1) is 12.2. The summed E-state index contributed by atoms with van der Waals surface area (Å²) in [5.74, 6) is 0.366. The number of hydrogen-bond donors (Lipinski definition) is 0. The van der Waals surface area contributed by atoms with Crippen LogP contribution in [0.25, 0.3) is 22.4 Å². The number of rotatable bonds is 3. The summed E-state index contributed by atoms with van der Waals surface area (Å²) in [4.78, 5) is 17.1. The molecule has 0 fully saturated rings. The predicted molar refractivity (Wildman–Crippen MR) is 91.0 cm³/mol. The average molecular weight is 336 g/mol. The van der Waals surface area contributed by atoms with Crippen LogP contribution in [0.5, 0.6) is 5.75 Å². The van der Waals surface area contributed by atoms with Crippen molar-refractivity contribution in [3.63, 3.8) is 0 Å². The van der Waals surface area contributed by atoms with Gasteiger partial charge in [-0.05, 0) is 48.5 Å². The fourth-order valence-corrected chi connectivity index (χ4v) is 2.61. The Balaban J connectivity index is 1.84. The van der Waals surface area contributed by atoms with E-state index in [9.17, 15) is 9.18 Å². The molecule has 25 heavy (non-hydrogen) atoms. The third-order valence-corrected chi connectivity index (χ3v) is 3.91. The summed E-state index contributed by atoms with van der Waals surface area (Å²) in [6.45, 7) is 0. The van der Waals surface area contributed by atoms with E-state index in [0.717, 1.165) is 0 Å². The molecule has 2 heterocycles. The first kappa shape index (κ1) is 15.1. The van der Waals surface area contributed by atoms with Gasteiger partial charge in [0.25, 0.3) is 5.56 Å². The molecule has 7 heteroatoms. The molecule has 0 unspecified atom stereocenters. The van der Waals surface area contributed by atoms with E-state index in [0.29, 0.717) is 28.2 Å². The molecule has 0 amide bonds. The van der Waals surface area contributed by atoms with Crippen LogP contribution >= 0.6 is 0 Å². The lowest BCUT2D eigenvalue weighted by atomic mass is 10.3. The largest absolute Gasteiger partial charge is 0.497 e. The maximum absolute atomic E-state index is 13.1. The van der Waals surface area contributed by atoms with E-state index in [4.69, 9.17) is 4.74 Å². The summed E-state index contributed by atoms with van der Waals surface area (Å²) >= 11 is 0. The zero-order chi connectivity index (χ0) is 17.4. The average Bonchev–Trinajstić information content (AvgIpc) is 3.08. The van der Waals surface area contributed by atoms with Crippen molar-refractivity contribution in [2.45, 2.75) is 0 Å². The Kier molecular flexibility index (Phi) is 3.53. The number of fused-ring (bicyclic) bond motifs is 1. The molecule has 0 spiro atoms. The molecule has 0 radical (unpaired) electrons. The quantitative estimate of drug-likeness (QED) is 0.577. The topological polar surface area (TPSA) is 61.9 Å². The maximum Gasteiger partial charge on any atom is 0.269 e. The van der Waals surface area contributed by atoms with Crippen LogP contribution in [0.2, 0.25) is 0 Å². The van der Waals surface area contributed by atoms with Crippen LogP contribution in [-0.4, -0.2) is 26.4 Å². The molecule has 4 rings (SSSR count). The van der Waals surface area contributed by atoms with Gasteiger partial charge in [-0.15, -0.1) is 0 Å². The summed E-state index contributed by atoms with van der Waals surface area (Å²) in [6.07, 6.45) is 2.92. The van der Waals surface area contributed by atoms with E-state index in [1.54, 1.807) is 43.5 Å². The van der Waals surface area contributed by atoms with Crippen LogP contribution in [-0.2, 0) is 0 Å². The number of ether oxygens (including phenoxy) is 1. The molecule has 4 aromatic rings. The van der Waals surface area contributed by atoms with Gasteiger partial charge in [-0.1, -0.05) is 0 Å². The van der Waals surface area contributed by atoms with Crippen LogP contribution in [0, 0.1) is 5.82 Å². The van der Waals surface area contributed by atoms with E-state index >= 15 is 0 Å². The molecule has 0 saturated carbocycles. The standard InChI is InChI=1S/C18H13FN4O2/c1-25-15-8-6-13(7-9-15)22-11-20-17-16(18(22)24)10-21-23(17)14-4-2-12(19)3-5-14/h2-11H,1H3. The molecule has 0 atom stereocenters. The molecule has 124 valence electrons. The summed E-state index contributed by atoms with van der Waals surface area (Å²) < 4.78 is 21.2. The van der Waals surface area contributed by atoms with Crippen molar-refractivity contribution in [3.8, 4) is 17.1 Å². The summed E-state index contributed by atoms with van der Waals surface area (Å²) in [5, 5.41) is 4.59. The highest BCUT2D eigenvalue weighted by Gasteiger charge is 2.12. The highest BCUT2D eigenvalue weighted by atomic mass is 19.1. The van der Waals surface area contributed by atoms with Gasteiger partial charge >= 0.3 is 0 Å². The minimum absolute atomic E-state index is 0.233. The van der Waals surface area contributed by atoms with Crippen molar-refractivity contribution in [1.29, 1.82) is 0 Å². The lowest BCUT2D eigenvalue weighted by Gasteiger charge is -2.07. The molecule has 0 aliphatic rings. The Morgan fingerprint density at radius 2 is 1.68 bits per heavy atom. The monoisotopic (exact) mass is 336 g/mol. The molecule has 6 nitrogen and oxygen atoms in total. The van der Waals surface area contributed by atoms with Gasteiger partial charge < -0.3 is 4.74 Å². The van der Waals surface area contributed by atoms with E-state index in [1.165, 1.54) is 33.9 Å². The Labute approximate surface area is 141 Å². The minimum Gasteiger partial charge on any atom is -0.497 e. The zero-order valence-corrected chi connectivity index (χ0v) is 13.3. The fraction of sp³-hybridized carbons (Fsp3) is 0.0556. The van der Waals surface area contributed by atoms with Crippen molar-refractivity contribution in [1.82, 2.24) is 19.3 Å². The third-order valence-electron chi connectivity index (χ3n) is 3.91. The minimum atomic E-state index is -0.338. The van der Waals surface area contributed by atoms with Crippen LogP contribution in [0.15, 0.2) is 65.8 Å². The molecule has 2 aromatic heterocycles. The molecular formula is C18H13FN4O2. The van der Waals surface area contributed by atoms with Gasteiger partial charge in [0, 0.05) is 0 Å². The summed E-state index contributed by atoms with van der Waals surface area (Å²) in [5.41, 5.74) is 1.49. The van der Waals surface area contributed by atoms with Crippen LogP contribution in [0.1, 0.15) is 0 Å². The lowest BCUT2D eigenvalue weighted by Crippen LogP contribution is -2.18. The molecule has 0 N–H and O–H groups in total. The Morgan fingerprint density at radius 3 is 2.36 bits per heavy atom. The number of nitrogens with zero attached hydrogens (tertiary/aromatic N) is 4. The number of methoxy groups -OCH3 is 1.